The van der Waals surface area contributed by atoms with Crippen molar-refractivity contribution in [1.29, 1.82) is 0 Å². The number of rotatable bonds is 11. The quantitative estimate of drug-likeness (QED) is 0.237. The summed E-state index contributed by atoms with van der Waals surface area (Å²) in [6, 6.07) is 15.1. The number of ether oxygens (including phenoxy) is 3. The monoisotopic (exact) mass is 526 g/mol. The van der Waals surface area contributed by atoms with Crippen molar-refractivity contribution in [1.82, 2.24) is 5.43 Å². The van der Waals surface area contributed by atoms with Crippen molar-refractivity contribution in [3.63, 3.8) is 0 Å². The number of hydrogen-bond donors (Lipinski definition) is 3. The van der Waals surface area contributed by atoms with Gasteiger partial charge >= 0.3 is 5.97 Å². The van der Waals surface area contributed by atoms with E-state index in [1.165, 1.54) is 43.2 Å². The zero-order valence-corrected chi connectivity index (χ0v) is 21.3. The fourth-order valence-corrected chi connectivity index (χ4v) is 3.42. The number of aliphatic carboxylic acids is 1. The molecule has 0 unspecified atom stereocenters. The highest BCUT2D eigenvalue weighted by Gasteiger charge is 2.16. The van der Waals surface area contributed by atoms with Crippen molar-refractivity contribution in [2.45, 2.75) is 26.4 Å². The number of nitrogens with one attached hydrogen (secondary N) is 1. The van der Waals surface area contributed by atoms with Gasteiger partial charge in [-0.2, -0.15) is 5.10 Å². The van der Waals surface area contributed by atoms with Crippen LogP contribution in [0.5, 0.6) is 23.0 Å². The summed E-state index contributed by atoms with van der Waals surface area (Å²) in [5, 5.41) is 22.6. The zero-order valence-electron chi connectivity index (χ0n) is 20.5. The van der Waals surface area contributed by atoms with Crippen molar-refractivity contribution in [3.8, 4) is 23.0 Å². The number of nitrogens with zero attached hydrogens (tertiary/aromatic N) is 1. The highest BCUT2D eigenvalue weighted by molar-refractivity contribution is 6.32. The van der Waals surface area contributed by atoms with Crippen LogP contribution in [0.1, 0.15) is 46.8 Å². The Bertz CT molecular complexity index is 1290. The van der Waals surface area contributed by atoms with Gasteiger partial charge in [0.1, 0.15) is 12.4 Å². The summed E-state index contributed by atoms with van der Waals surface area (Å²) in [6.45, 7) is 3.84. The highest BCUT2D eigenvalue weighted by Crippen LogP contribution is 2.39. The Labute approximate surface area is 219 Å². The van der Waals surface area contributed by atoms with E-state index < -0.39 is 18.5 Å². The second-order valence-corrected chi connectivity index (χ2v) is 8.69. The maximum absolute atomic E-state index is 12.3. The lowest BCUT2D eigenvalue weighted by Crippen LogP contribution is -2.17. The molecule has 0 saturated heterocycles. The molecule has 0 aliphatic heterocycles. The van der Waals surface area contributed by atoms with E-state index >= 15 is 0 Å². The molecule has 3 aromatic rings. The van der Waals surface area contributed by atoms with Crippen LogP contribution in [-0.2, 0) is 11.4 Å². The number of halogens is 1. The summed E-state index contributed by atoms with van der Waals surface area (Å²) in [4.78, 5) is 23.4. The number of carboxylic acid groups (broad SMARTS) is 1. The number of amides is 1. The Hall–Kier alpha value is -4.24. The second kappa shape index (κ2) is 12.6. The summed E-state index contributed by atoms with van der Waals surface area (Å²) in [6.07, 6.45) is 1.34. The van der Waals surface area contributed by atoms with Crippen molar-refractivity contribution in [2.75, 3.05) is 13.7 Å². The lowest BCUT2D eigenvalue weighted by Gasteiger charge is -2.16. The van der Waals surface area contributed by atoms with Crippen LogP contribution in [0.3, 0.4) is 0 Å². The predicted molar refractivity (Wildman–Crippen MR) is 139 cm³/mol. The van der Waals surface area contributed by atoms with Gasteiger partial charge in [-0.25, -0.2) is 10.2 Å². The van der Waals surface area contributed by atoms with Crippen molar-refractivity contribution < 1.29 is 34.0 Å². The summed E-state index contributed by atoms with van der Waals surface area (Å²) in [5.74, 6) is -0.777. The minimum absolute atomic E-state index is 0.0352. The molecule has 0 aliphatic carbocycles. The molecule has 3 N–H and O–H groups in total. The molecule has 9 nitrogen and oxygen atoms in total. The molecule has 0 fully saturated rings. The van der Waals surface area contributed by atoms with E-state index in [4.69, 9.17) is 30.9 Å². The van der Waals surface area contributed by atoms with E-state index in [2.05, 4.69) is 24.4 Å². The number of carbonyl (C=O) groups is 2. The number of hydrazone groups is 1. The number of aromatic hydroxyl groups is 1. The van der Waals surface area contributed by atoms with Gasteiger partial charge in [0.2, 0.25) is 5.75 Å². The van der Waals surface area contributed by atoms with E-state index in [0.29, 0.717) is 17.2 Å². The highest BCUT2D eigenvalue weighted by atomic mass is 35.5. The number of methoxy groups -OCH3 is 1. The molecule has 10 heteroatoms. The SMILES string of the molecule is COc1cc(/C=N/NC(=O)c2ccc(O)c(Cl)c2)cc(OCC(=O)O)c1OCc1ccc(C(C)C)cc1. The Kier molecular flexibility index (Phi) is 9.34. The molecule has 3 aromatic carbocycles. The summed E-state index contributed by atoms with van der Waals surface area (Å²) in [5.41, 5.74) is 5.13. The third-order valence-corrected chi connectivity index (χ3v) is 5.54. The predicted octanol–water partition coefficient (Wildman–Crippen LogP) is 4.98. The lowest BCUT2D eigenvalue weighted by atomic mass is 10.0. The van der Waals surface area contributed by atoms with Gasteiger partial charge in [0, 0.05) is 11.1 Å². The largest absolute Gasteiger partial charge is 0.506 e. The molecule has 37 heavy (non-hydrogen) atoms. The van der Waals surface area contributed by atoms with Gasteiger partial charge in [-0.1, -0.05) is 49.7 Å². The smallest absolute Gasteiger partial charge is 0.341 e. The van der Waals surface area contributed by atoms with Crippen LogP contribution < -0.4 is 19.6 Å². The maximum atomic E-state index is 12.3. The summed E-state index contributed by atoms with van der Waals surface area (Å²) >= 11 is 5.84. The van der Waals surface area contributed by atoms with Gasteiger partial charge in [0.25, 0.3) is 5.91 Å². The Morgan fingerprint density at radius 3 is 2.38 bits per heavy atom. The first-order chi connectivity index (χ1) is 17.7. The Morgan fingerprint density at radius 2 is 1.76 bits per heavy atom. The molecular formula is C27H27ClN2O7. The third-order valence-electron chi connectivity index (χ3n) is 5.23. The van der Waals surface area contributed by atoms with Crippen LogP contribution in [0.15, 0.2) is 59.7 Å². The minimum Gasteiger partial charge on any atom is -0.506 e. The molecule has 3 rings (SSSR count). The van der Waals surface area contributed by atoms with Crippen molar-refractivity contribution in [2.24, 2.45) is 5.10 Å². The van der Waals surface area contributed by atoms with Crippen molar-refractivity contribution >= 4 is 29.7 Å². The minimum atomic E-state index is -1.16. The van der Waals surface area contributed by atoms with Gasteiger partial charge < -0.3 is 24.4 Å². The molecule has 0 aromatic heterocycles. The summed E-state index contributed by atoms with van der Waals surface area (Å²) < 4.78 is 16.9. The van der Waals surface area contributed by atoms with Crippen LogP contribution in [0.4, 0.5) is 0 Å². The molecular weight excluding hydrogens is 500 g/mol. The normalized spacial score (nSPS) is 10.9. The average Bonchev–Trinajstić information content (AvgIpc) is 2.88. The molecule has 0 spiro atoms. The molecule has 0 atom stereocenters. The molecule has 0 bridgehead atoms. The van der Waals surface area contributed by atoms with Crippen molar-refractivity contribution in [3.05, 3.63) is 81.9 Å². The molecule has 0 heterocycles. The fourth-order valence-electron chi connectivity index (χ4n) is 3.24. The van der Waals surface area contributed by atoms with Crippen LogP contribution in [0.25, 0.3) is 0 Å². The number of benzene rings is 3. The van der Waals surface area contributed by atoms with E-state index in [9.17, 15) is 14.7 Å². The van der Waals surface area contributed by atoms with E-state index in [1.54, 1.807) is 6.07 Å². The number of carboxylic acids is 1. The van der Waals surface area contributed by atoms with Gasteiger partial charge in [0.15, 0.2) is 18.1 Å². The van der Waals surface area contributed by atoms with Crippen LogP contribution >= 0.6 is 11.6 Å². The van der Waals surface area contributed by atoms with Gasteiger partial charge in [-0.05, 0) is 47.4 Å². The fraction of sp³-hybridized carbons (Fsp3) is 0.222. The topological polar surface area (TPSA) is 127 Å². The Morgan fingerprint density at radius 1 is 1.05 bits per heavy atom. The first-order valence-corrected chi connectivity index (χ1v) is 11.7. The maximum Gasteiger partial charge on any atom is 0.341 e. The van der Waals surface area contributed by atoms with E-state index in [0.717, 1.165) is 5.56 Å². The molecule has 0 saturated carbocycles. The van der Waals surface area contributed by atoms with Gasteiger partial charge in [0.05, 0.1) is 18.3 Å². The van der Waals surface area contributed by atoms with E-state index in [-0.39, 0.29) is 34.4 Å². The molecule has 0 aliphatic rings. The zero-order chi connectivity index (χ0) is 26.9. The third kappa shape index (κ3) is 7.62. The summed E-state index contributed by atoms with van der Waals surface area (Å²) in [7, 11) is 1.44. The average molecular weight is 527 g/mol. The number of hydrogen-bond acceptors (Lipinski definition) is 7. The van der Waals surface area contributed by atoms with Crippen LogP contribution in [0.2, 0.25) is 5.02 Å². The first kappa shape index (κ1) is 27.3. The second-order valence-electron chi connectivity index (χ2n) is 8.28. The first-order valence-electron chi connectivity index (χ1n) is 11.3. The van der Waals surface area contributed by atoms with Gasteiger partial charge in [-0.3, -0.25) is 4.79 Å². The van der Waals surface area contributed by atoms with Crippen LogP contribution in [-0.4, -0.2) is 42.0 Å². The number of phenolic OH excluding ortho intramolecular Hbond substituents is 1. The number of phenols is 1. The molecule has 0 radical (unpaired) electrons. The lowest BCUT2D eigenvalue weighted by molar-refractivity contribution is -0.139. The molecule has 1 amide bonds. The number of carbonyl (C=O) groups excluding carboxylic acids is 1. The molecule has 194 valence electrons. The Balaban J connectivity index is 1.80. The van der Waals surface area contributed by atoms with E-state index in [1.807, 2.05) is 24.3 Å². The van der Waals surface area contributed by atoms with Gasteiger partial charge in [-0.15, -0.1) is 0 Å². The van der Waals surface area contributed by atoms with Crippen LogP contribution in [0, 0.1) is 0 Å². The standard InChI is InChI=1S/C27H27ClN2O7/c1-16(2)19-6-4-17(5-7-19)14-37-26-23(35-3)10-18(11-24(26)36-15-25(32)33)13-29-30-27(34)20-8-9-22(31)21(28)12-20/h4-13,16,31H,14-15H2,1-3H3,(H,30,34)(H,32,33)/b29-13+.